The summed E-state index contributed by atoms with van der Waals surface area (Å²) in [6.45, 7) is 3.29. The highest BCUT2D eigenvalue weighted by atomic mass is 32.1. The lowest BCUT2D eigenvalue weighted by Crippen LogP contribution is -2.07. The molecule has 0 fully saturated rings. The molecule has 5 nitrogen and oxygen atoms in total. The van der Waals surface area contributed by atoms with Gasteiger partial charge >= 0.3 is 5.97 Å². The van der Waals surface area contributed by atoms with Crippen molar-refractivity contribution in [2.24, 2.45) is 0 Å². The molecule has 3 aromatic rings. The first-order valence-electron chi connectivity index (χ1n) is 8.37. The molecule has 0 aliphatic rings. The zero-order valence-corrected chi connectivity index (χ0v) is 15.3. The van der Waals surface area contributed by atoms with Crippen molar-refractivity contribution in [3.63, 3.8) is 0 Å². The predicted molar refractivity (Wildman–Crippen MR) is 103 cm³/mol. The van der Waals surface area contributed by atoms with Crippen molar-refractivity contribution in [1.82, 2.24) is 4.98 Å². The number of hydrogen-bond acceptors (Lipinski definition) is 6. The lowest BCUT2D eigenvalue weighted by molar-refractivity contribution is 0.0464. The average molecular weight is 368 g/mol. The fourth-order valence-electron chi connectivity index (χ4n) is 2.36. The maximum absolute atomic E-state index is 12.2. The molecule has 134 valence electrons. The van der Waals surface area contributed by atoms with E-state index in [-0.39, 0.29) is 6.61 Å². The van der Waals surface area contributed by atoms with E-state index in [1.54, 1.807) is 5.38 Å². The lowest BCUT2D eigenvalue weighted by atomic mass is 10.2. The van der Waals surface area contributed by atoms with E-state index in [1.165, 1.54) is 11.3 Å². The first-order chi connectivity index (χ1) is 12.8. The number of esters is 1. The highest BCUT2D eigenvalue weighted by Crippen LogP contribution is 2.21. The van der Waals surface area contributed by atoms with Crippen LogP contribution in [-0.2, 0) is 17.9 Å². The summed E-state index contributed by atoms with van der Waals surface area (Å²) >= 11 is 1.38. The predicted octanol–water partition coefficient (Wildman–Crippen LogP) is 4.51. The van der Waals surface area contributed by atoms with E-state index in [0.717, 1.165) is 16.9 Å². The summed E-state index contributed by atoms with van der Waals surface area (Å²) in [6.07, 6.45) is 0. The quantitative estimate of drug-likeness (QED) is 0.593. The zero-order chi connectivity index (χ0) is 18.2. The van der Waals surface area contributed by atoms with Gasteiger partial charge in [-0.15, -0.1) is 11.3 Å². The van der Waals surface area contributed by atoms with E-state index in [4.69, 9.17) is 9.47 Å². The monoisotopic (exact) mass is 368 g/mol. The molecule has 1 N–H and O–H groups in total. The number of carbonyl (C=O) groups excluding carboxylic acids is 1. The van der Waals surface area contributed by atoms with Crippen molar-refractivity contribution in [2.75, 3.05) is 11.9 Å². The summed E-state index contributed by atoms with van der Waals surface area (Å²) in [6, 6.07) is 17.5. The average Bonchev–Trinajstić information content (AvgIpc) is 3.16. The molecule has 0 radical (unpaired) electrons. The Morgan fingerprint density at radius 1 is 1.12 bits per heavy atom. The number of ether oxygens (including phenoxy) is 2. The van der Waals surface area contributed by atoms with Crippen LogP contribution in [0.2, 0.25) is 0 Å². The fourth-order valence-corrected chi connectivity index (χ4v) is 3.04. The second kappa shape index (κ2) is 9.01. The topological polar surface area (TPSA) is 60.5 Å². The Morgan fingerprint density at radius 3 is 2.69 bits per heavy atom. The summed E-state index contributed by atoms with van der Waals surface area (Å²) in [5.74, 6) is 0.284. The number of thiazole rings is 1. The Kier molecular flexibility index (Phi) is 6.22. The summed E-state index contributed by atoms with van der Waals surface area (Å²) in [7, 11) is 0. The van der Waals surface area contributed by atoms with Gasteiger partial charge in [-0.2, -0.15) is 0 Å². The minimum atomic E-state index is -0.444. The number of carbonyl (C=O) groups is 1. The summed E-state index contributed by atoms with van der Waals surface area (Å²) in [5.41, 5.74) is 2.29. The minimum Gasteiger partial charge on any atom is -0.493 e. The Morgan fingerprint density at radius 2 is 1.88 bits per heavy atom. The second-order valence-electron chi connectivity index (χ2n) is 5.49. The zero-order valence-electron chi connectivity index (χ0n) is 14.5. The third-order valence-electron chi connectivity index (χ3n) is 3.63. The standard InChI is InChI=1S/C20H20N2O3S/c1-2-24-18-11-7-6-10-16(18)13-25-19(23)17-14-26-20(22-17)21-12-15-8-4-3-5-9-15/h3-11,14H,2,12-13H2,1H3,(H,21,22). The highest BCUT2D eigenvalue weighted by molar-refractivity contribution is 7.13. The Hall–Kier alpha value is -2.86. The number of anilines is 1. The first-order valence-corrected chi connectivity index (χ1v) is 9.25. The molecule has 0 atom stereocenters. The van der Waals surface area contributed by atoms with Crippen LogP contribution >= 0.6 is 11.3 Å². The molecule has 26 heavy (non-hydrogen) atoms. The minimum absolute atomic E-state index is 0.152. The maximum Gasteiger partial charge on any atom is 0.358 e. The molecule has 0 amide bonds. The normalized spacial score (nSPS) is 10.3. The molecule has 6 heteroatoms. The van der Waals surface area contributed by atoms with E-state index < -0.39 is 5.97 Å². The summed E-state index contributed by atoms with van der Waals surface area (Å²) < 4.78 is 10.9. The van der Waals surface area contributed by atoms with Crippen molar-refractivity contribution in [3.8, 4) is 5.75 Å². The molecule has 0 saturated heterocycles. The van der Waals surface area contributed by atoms with Crippen molar-refractivity contribution in [2.45, 2.75) is 20.1 Å². The van der Waals surface area contributed by atoms with Gasteiger partial charge < -0.3 is 14.8 Å². The van der Waals surface area contributed by atoms with Crippen molar-refractivity contribution in [3.05, 3.63) is 76.8 Å². The van der Waals surface area contributed by atoms with Gasteiger partial charge in [-0.25, -0.2) is 9.78 Å². The molecule has 0 spiro atoms. The number of benzene rings is 2. The Bertz CT molecular complexity index is 849. The van der Waals surface area contributed by atoms with Crippen LogP contribution in [-0.4, -0.2) is 17.6 Å². The van der Waals surface area contributed by atoms with Gasteiger partial charge in [0.15, 0.2) is 10.8 Å². The molecular formula is C20H20N2O3S. The molecule has 1 aromatic heterocycles. The van der Waals surface area contributed by atoms with Crippen molar-refractivity contribution in [1.29, 1.82) is 0 Å². The fraction of sp³-hybridized carbons (Fsp3) is 0.200. The van der Waals surface area contributed by atoms with Crippen LogP contribution < -0.4 is 10.1 Å². The number of aromatic nitrogens is 1. The van der Waals surface area contributed by atoms with Gasteiger partial charge in [-0.3, -0.25) is 0 Å². The van der Waals surface area contributed by atoms with Crippen LogP contribution in [0, 0.1) is 0 Å². The Labute approximate surface area is 156 Å². The van der Waals surface area contributed by atoms with Crippen molar-refractivity contribution < 1.29 is 14.3 Å². The van der Waals surface area contributed by atoms with Crippen LogP contribution in [0.5, 0.6) is 5.75 Å². The molecule has 0 aliphatic heterocycles. The van der Waals surface area contributed by atoms with Crippen LogP contribution in [0.25, 0.3) is 0 Å². The van der Waals surface area contributed by atoms with Crippen LogP contribution in [0.4, 0.5) is 5.13 Å². The number of rotatable bonds is 8. The van der Waals surface area contributed by atoms with E-state index in [2.05, 4.69) is 10.3 Å². The van der Waals surface area contributed by atoms with E-state index >= 15 is 0 Å². The number of para-hydroxylation sites is 1. The molecule has 0 bridgehead atoms. The number of nitrogens with one attached hydrogen (secondary N) is 1. The van der Waals surface area contributed by atoms with Gasteiger partial charge in [0.2, 0.25) is 0 Å². The smallest absolute Gasteiger partial charge is 0.358 e. The van der Waals surface area contributed by atoms with E-state index in [0.29, 0.717) is 24.0 Å². The number of hydrogen-bond donors (Lipinski definition) is 1. The summed E-state index contributed by atoms with van der Waals surface area (Å²) in [4.78, 5) is 16.5. The molecule has 0 unspecified atom stereocenters. The van der Waals surface area contributed by atoms with Crippen LogP contribution in [0.3, 0.4) is 0 Å². The SMILES string of the molecule is CCOc1ccccc1COC(=O)c1csc(NCc2ccccc2)n1. The lowest BCUT2D eigenvalue weighted by Gasteiger charge is -2.09. The van der Waals surface area contributed by atoms with Crippen molar-refractivity contribution >= 4 is 22.4 Å². The molecule has 0 saturated carbocycles. The van der Waals surface area contributed by atoms with Crippen LogP contribution in [0.1, 0.15) is 28.5 Å². The van der Waals surface area contributed by atoms with Gasteiger partial charge in [0.1, 0.15) is 12.4 Å². The molecular weight excluding hydrogens is 348 g/mol. The Balaban J connectivity index is 1.55. The van der Waals surface area contributed by atoms with Crippen LogP contribution in [0.15, 0.2) is 60.0 Å². The molecule has 3 rings (SSSR count). The first kappa shape index (κ1) is 17.9. The van der Waals surface area contributed by atoms with Gasteiger partial charge in [0.25, 0.3) is 0 Å². The van der Waals surface area contributed by atoms with E-state index in [9.17, 15) is 4.79 Å². The second-order valence-corrected chi connectivity index (χ2v) is 6.35. The largest absolute Gasteiger partial charge is 0.493 e. The molecule has 1 heterocycles. The third kappa shape index (κ3) is 4.83. The highest BCUT2D eigenvalue weighted by Gasteiger charge is 2.13. The molecule has 2 aromatic carbocycles. The summed E-state index contributed by atoms with van der Waals surface area (Å²) in [5, 5.41) is 5.60. The van der Waals surface area contributed by atoms with Gasteiger partial charge in [0.05, 0.1) is 6.61 Å². The van der Waals surface area contributed by atoms with Gasteiger partial charge in [-0.05, 0) is 18.6 Å². The third-order valence-corrected chi connectivity index (χ3v) is 4.43. The van der Waals surface area contributed by atoms with Gasteiger partial charge in [0, 0.05) is 17.5 Å². The molecule has 0 aliphatic carbocycles. The van der Waals surface area contributed by atoms with Gasteiger partial charge in [-0.1, -0.05) is 48.5 Å². The van der Waals surface area contributed by atoms with E-state index in [1.807, 2.05) is 61.5 Å². The maximum atomic E-state index is 12.2. The number of nitrogens with zero attached hydrogens (tertiary/aromatic N) is 1.